The molecule has 1 aliphatic heterocycles. The first-order valence-electron chi connectivity index (χ1n) is 9.92. The summed E-state index contributed by atoms with van der Waals surface area (Å²) >= 11 is 0. The number of fused-ring (bicyclic) bond motifs is 1. The number of sulfonamides is 1. The SMILES string of the molecule is Cc1ccc(S(=O)(=O)NCc2ccc3c(c2)N(C(=O)c2ccccc2)[C@@H](C)C3)cc1. The molecule has 0 unspecified atom stereocenters. The number of aryl methyl sites for hydroxylation is 1. The third-order valence-electron chi connectivity index (χ3n) is 5.40. The highest BCUT2D eigenvalue weighted by Crippen LogP contribution is 2.34. The van der Waals surface area contributed by atoms with Gasteiger partial charge < -0.3 is 4.90 Å². The molecule has 0 spiro atoms. The van der Waals surface area contributed by atoms with Gasteiger partial charge in [-0.1, -0.05) is 48.0 Å². The number of anilines is 1. The van der Waals surface area contributed by atoms with Gasteiger partial charge in [-0.15, -0.1) is 0 Å². The van der Waals surface area contributed by atoms with Gasteiger partial charge in [0, 0.05) is 23.8 Å². The lowest BCUT2D eigenvalue weighted by atomic mass is 10.1. The van der Waals surface area contributed by atoms with E-state index in [4.69, 9.17) is 0 Å². The second-order valence-electron chi connectivity index (χ2n) is 7.69. The Morgan fingerprint density at radius 1 is 1.03 bits per heavy atom. The van der Waals surface area contributed by atoms with E-state index in [1.807, 2.05) is 67.3 Å². The summed E-state index contributed by atoms with van der Waals surface area (Å²) in [5.74, 6) is -0.0424. The van der Waals surface area contributed by atoms with Gasteiger partial charge in [0.2, 0.25) is 10.0 Å². The third kappa shape index (κ3) is 4.01. The molecule has 0 fully saturated rings. The van der Waals surface area contributed by atoms with Crippen molar-refractivity contribution in [2.75, 3.05) is 4.90 Å². The number of rotatable bonds is 5. The first-order valence-corrected chi connectivity index (χ1v) is 11.4. The second kappa shape index (κ2) is 8.05. The highest BCUT2D eigenvalue weighted by Gasteiger charge is 2.31. The summed E-state index contributed by atoms with van der Waals surface area (Å²) in [5.41, 5.74) is 4.40. The number of hydrogen-bond donors (Lipinski definition) is 1. The van der Waals surface area contributed by atoms with Crippen molar-refractivity contribution in [1.82, 2.24) is 4.72 Å². The Balaban J connectivity index is 1.56. The highest BCUT2D eigenvalue weighted by atomic mass is 32.2. The molecule has 3 aromatic carbocycles. The van der Waals surface area contributed by atoms with Crippen LogP contribution in [0.3, 0.4) is 0 Å². The Labute approximate surface area is 177 Å². The number of nitrogens with one attached hydrogen (secondary N) is 1. The standard InChI is InChI=1S/C24H24N2O3S/c1-17-8-12-22(13-9-17)30(28,29)25-16-19-10-11-21-14-18(2)26(23(21)15-19)24(27)20-6-4-3-5-7-20/h3-13,15,18,25H,14,16H2,1-2H3/t18-/m0/s1. The summed E-state index contributed by atoms with van der Waals surface area (Å²) in [6, 6.07) is 21.8. The summed E-state index contributed by atoms with van der Waals surface area (Å²) in [4.78, 5) is 15.1. The summed E-state index contributed by atoms with van der Waals surface area (Å²) in [7, 11) is -3.60. The van der Waals surface area contributed by atoms with E-state index in [0.29, 0.717) is 5.56 Å². The normalized spacial score (nSPS) is 15.8. The maximum atomic E-state index is 13.1. The van der Waals surface area contributed by atoms with Crippen LogP contribution in [-0.2, 0) is 23.0 Å². The van der Waals surface area contributed by atoms with Gasteiger partial charge in [0.1, 0.15) is 0 Å². The number of carbonyl (C=O) groups excluding carboxylic acids is 1. The van der Waals surface area contributed by atoms with Crippen molar-refractivity contribution in [3.8, 4) is 0 Å². The molecule has 1 N–H and O–H groups in total. The van der Waals surface area contributed by atoms with E-state index < -0.39 is 10.0 Å². The fourth-order valence-electron chi connectivity index (χ4n) is 3.77. The summed E-state index contributed by atoms with van der Waals surface area (Å²) in [5, 5.41) is 0. The van der Waals surface area contributed by atoms with Crippen molar-refractivity contribution >= 4 is 21.6 Å². The van der Waals surface area contributed by atoms with Crippen LogP contribution in [-0.4, -0.2) is 20.4 Å². The quantitative estimate of drug-likeness (QED) is 0.677. The summed E-state index contributed by atoms with van der Waals surface area (Å²) in [6.45, 7) is 4.10. The van der Waals surface area contributed by atoms with Gasteiger partial charge in [-0.3, -0.25) is 4.79 Å². The third-order valence-corrected chi connectivity index (χ3v) is 6.82. The molecule has 154 valence electrons. The van der Waals surface area contributed by atoms with E-state index in [0.717, 1.165) is 28.8 Å². The molecule has 0 saturated carbocycles. The van der Waals surface area contributed by atoms with Crippen LogP contribution in [0.4, 0.5) is 5.69 Å². The number of nitrogens with zero attached hydrogens (tertiary/aromatic N) is 1. The maximum absolute atomic E-state index is 13.1. The molecule has 0 aromatic heterocycles. The van der Waals surface area contributed by atoms with Crippen molar-refractivity contribution in [2.45, 2.75) is 37.8 Å². The van der Waals surface area contributed by atoms with Crippen molar-refractivity contribution < 1.29 is 13.2 Å². The Bertz CT molecular complexity index is 1170. The number of carbonyl (C=O) groups is 1. The molecule has 5 nitrogen and oxygen atoms in total. The van der Waals surface area contributed by atoms with Gasteiger partial charge in [-0.2, -0.15) is 0 Å². The zero-order valence-corrected chi connectivity index (χ0v) is 17.8. The summed E-state index contributed by atoms with van der Waals surface area (Å²) < 4.78 is 27.8. The molecule has 1 atom stereocenters. The molecule has 0 radical (unpaired) electrons. The minimum atomic E-state index is -3.60. The fourth-order valence-corrected chi connectivity index (χ4v) is 4.79. The molecule has 3 aromatic rings. The van der Waals surface area contributed by atoms with Crippen molar-refractivity contribution in [1.29, 1.82) is 0 Å². The molecule has 6 heteroatoms. The molecule has 0 bridgehead atoms. The zero-order valence-electron chi connectivity index (χ0n) is 17.0. The zero-order chi connectivity index (χ0) is 21.3. The lowest BCUT2D eigenvalue weighted by molar-refractivity contribution is 0.0981. The molecular formula is C24H24N2O3S. The predicted octanol–water partition coefficient (Wildman–Crippen LogP) is 4.06. The van der Waals surface area contributed by atoms with Crippen molar-refractivity contribution in [2.24, 2.45) is 0 Å². The van der Waals surface area contributed by atoms with Gasteiger partial charge >= 0.3 is 0 Å². The van der Waals surface area contributed by atoms with Gasteiger partial charge in [0.15, 0.2) is 0 Å². The van der Waals surface area contributed by atoms with Crippen LogP contribution in [0.1, 0.15) is 34.0 Å². The molecule has 0 saturated heterocycles. The van der Waals surface area contributed by atoms with Gasteiger partial charge in [-0.25, -0.2) is 13.1 Å². The van der Waals surface area contributed by atoms with Crippen molar-refractivity contribution in [3.05, 3.63) is 95.1 Å². The second-order valence-corrected chi connectivity index (χ2v) is 9.46. The van der Waals surface area contributed by atoms with Gasteiger partial charge in [0.25, 0.3) is 5.91 Å². The van der Waals surface area contributed by atoms with E-state index in [1.165, 1.54) is 0 Å². The lowest BCUT2D eigenvalue weighted by Crippen LogP contribution is -2.35. The van der Waals surface area contributed by atoms with Gasteiger partial charge in [-0.05, 0) is 61.7 Å². The van der Waals surface area contributed by atoms with Crippen LogP contribution in [0.5, 0.6) is 0 Å². The number of benzene rings is 3. The van der Waals surface area contributed by atoms with E-state index in [-0.39, 0.29) is 23.4 Å². The first kappa shape index (κ1) is 20.3. The average molecular weight is 421 g/mol. The Kier molecular flexibility index (Phi) is 5.45. The smallest absolute Gasteiger partial charge is 0.258 e. The predicted molar refractivity (Wildman–Crippen MR) is 118 cm³/mol. The van der Waals surface area contributed by atoms with E-state index in [1.54, 1.807) is 24.3 Å². The molecular weight excluding hydrogens is 396 g/mol. The maximum Gasteiger partial charge on any atom is 0.258 e. The number of amides is 1. The Morgan fingerprint density at radius 3 is 2.43 bits per heavy atom. The molecule has 1 aliphatic rings. The Hall–Kier alpha value is -2.96. The van der Waals surface area contributed by atoms with E-state index in [9.17, 15) is 13.2 Å². The minimum absolute atomic E-state index is 0.0424. The molecule has 1 amide bonds. The van der Waals surface area contributed by atoms with Crippen LogP contribution in [0.2, 0.25) is 0 Å². The first-order chi connectivity index (χ1) is 14.3. The van der Waals surface area contributed by atoms with Crippen LogP contribution < -0.4 is 9.62 Å². The highest BCUT2D eigenvalue weighted by molar-refractivity contribution is 7.89. The van der Waals surface area contributed by atoms with Gasteiger partial charge in [0.05, 0.1) is 4.90 Å². The van der Waals surface area contributed by atoms with Crippen LogP contribution in [0.15, 0.2) is 77.7 Å². The van der Waals surface area contributed by atoms with Crippen LogP contribution >= 0.6 is 0 Å². The number of hydrogen-bond acceptors (Lipinski definition) is 3. The summed E-state index contributed by atoms with van der Waals surface area (Å²) in [6.07, 6.45) is 0.781. The van der Waals surface area contributed by atoms with Crippen molar-refractivity contribution in [3.63, 3.8) is 0 Å². The average Bonchev–Trinajstić information content (AvgIpc) is 3.07. The Morgan fingerprint density at radius 2 is 1.73 bits per heavy atom. The molecule has 0 aliphatic carbocycles. The van der Waals surface area contributed by atoms with E-state index in [2.05, 4.69) is 4.72 Å². The van der Waals surface area contributed by atoms with Crippen LogP contribution in [0.25, 0.3) is 0 Å². The topological polar surface area (TPSA) is 66.5 Å². The monoisotopic (exact) mass is 420 g/mol. The minimum Gasteiger partial charge on any atom is -0.305 e. The molecule has 30 heavy (non-hydrogen) atoms. The molecule has 4 rings (SSSR count). The fraction of sp³-hybridized carbons (Fsp3) is 0.208. The lowest BCUT2D eigenvalue weighted by Gasteiger charge is -2.23. The molecule has 1 heterocycles. The largest absolute Gasteiger partial charge is 0.305 e. The van der Waals surface area contributed by atoms with E-state index >= 15 is 0 Å². The van der Waals surface area contributed by atoms with Crippen LogP contribution in [0, 0.1) is 6.92 Å².